The van der Waals surface area contributed by atoms with Crippen LogP contribution in [0.2, 0.25) is 0 Å². The molecule has 0 aliphatic carbocycles. The third-order valence-corrected chi connectivity index (χ3v) is 3.42. The highest BCUT2D eigenvalue weighted by Crippen LogP contribution is 2.28. The van der Waals surface area contributed by atoms with E-state index in [4.69, 9.17) is 10.6 Å². The number of nitrogens with two attached hydrogens (primary N) is 1. The van der Waals surface area contributed by atoms with Crippen molar-refractivity contribution in [3.05, 3.63) is 28.3 Å². The lowest BCUT2D eigenvalue weighted by Gasteiger charge is -2.15. The van der Waals surface area contributed by atoms with Crippen molar-refractivity contribution in [2.75, 3.05) is 7.11 Å². The largest absolute Gasteiger partial charge is 0.496 e. The van der Waals surface area contributed by atoms with Gasteiger partial charge in [0.2, 0.25) is 5.91 Å². The van der Waals surface area contributed by atoms with Crippen molar-refractivity contribution < 1.29 is 9.53 Å². The van der Waals surface area contributed by atoms with Crippen molar-refractivity contribution >= 4 is 5.91 Å². The topological polar surface area (TPSA) is 64.3 Å². The highest BCUT2D eigenvalue weighted by atomic mass is 16.5. The first kappa shape index (κ1) is 14.5. The summed E-state index contributed by atoms with van der Waals surface area (Å²) in [6, 6.07) is 2.06. The molecule has 0 saturated carbocycles. The zero-order chi connectivity index (χ0) is 13.7. The van der Waals surface area contributed by atoms with Crippen LogP contribution in [0.15, 0.2) is 6.07 Å². The number of hydrazine groups is 1. The maximum absolute atomic E-state index is 11.1. The molecule has 0 bridgehead atoms. The maximum atomic E-state index is 11.1. The lowest BCUT2D eigenvalue weighted by Crippen LogP contribution is -2.29. The minimum absolute atomic E-state index is 0.115. The first-order valence-electron chi connectivity index (χ1n) is 6.14. The second-order valence-corrected chi connectivity index (χ2v) is 4.55. The van der Waals surface area contributed by atoms with Crippen molar-refractivity contribution in [1.29, 1.82) is 0 Å². The molecule has 18 heavy (non-hydrogen) atoms. The van der Waals surface area contributed by atoms with Crippen molar-refractivity contribution in [3.63, 3.8) is 0 Å². The molecule has 1 aromatic rings. The van der Waals surface area contributed by atoms with Gasteiger partial charge in [0.05, 0.1) is 7.11 Å². The van der Waals surface area contributed by atoms with Crippen molar-refractivity contribution in [3.8, 4) is 5.75 Å². The van der Waals surface area contributed by atoms with Crippen LogP contribution in [0.1, 0.15) is 35.1 Å². The van der Waals surface area contributed by atoms with Crippen molar-refractivity contribution in [2.24, 2.45) is 5.84 Å². The number of carbonyl (C=O) groups excluding carboxylic acids is 1. The smallest absolute Gasteiger partial charge is 0.233 e. The first-order valence-corrected chi connectivity index (χ1v) is 6.14. The molecule has 0 fully saturated rings. The second kappa shape index (κ2) is 6.40. The monoisotopic (exact) mass is 250 g/mol. The summed E-state index contributed by atoms with van der Waals surface area (Å²) in [5.74, 6) is 5.87. The van der Waals surface area contributed by atoms with E-state index >= 15 is 0 Å². The number of methoxy groups -OCH3 is 1. The second-order valence-electron chi connectivity index (χ2n) is 4.55. The lowest BCUT2D eigenvalue weighted by molar-refractivity contribution is -0.121. The summed E-state index contributed by atoms with van der Waals surface area (Å²) in [6.45, 7) is 6.24. The summed E-state index contributed by atoms with van der Waals surface area (Å²) in [5.41, 5.74) is 7.08. The van der Waals surface area contributed by atoms with Gasteiger partial charge in [-0.2, -0.15) is 0 Å². The van der Waals surface area contributed by atoms with Crippen LogP contribution < -0.4 is 16.0 Å². The average Bonchev–Trinajstić information content (AvgIpc) is 2.37. The molecule has 100 valence electrons. The number of hydrogen-bond acceptors (Lipinski definition) is 3. The zero-order valence-electron chi connectivity index (χ0n) is 11.6. The van der Waals surface area contributed by atoms with Gasteiger partial charge in [-0.25, -0.2) is 5.84 Å². The Hall–Kier alpha value is -1.55. The Morgan fingerprint density at radius 3 is 2.56 bits per heavy atom. The molecule has 0 heterocycles. The van der Waals surface area contributed by atoms with Gasteiger partial charge < -0.3 is 4.74 Å². The summed E-state index contributed by atoms with van der Waals surface area (Å²) in [6.07, 6.45) is 2.15. The Kier molecular flexibility index (Phi) is 5.16. The van der Waals surface area contributed by atoms with E-state index in [2.05, 4.69) is 32.3 Å². The van der Waals surface area contributed by atoms with E-state index in [-0.39, 0.29) is 5.91 Å². The number of nitrogens with one attached hydrogen (secondary N) is 1. The fraction of sp³-hybridized carbons (Fsp3) is 0.500. The molecular weight excluding hydrogens is 228 g/mol. The summed E-state index contributed by atoms with van der Waals surface area (Å²) in [4.78, 5) is 11.1. The van der Waals surface area contributed by atoms with Gasteiger partial charge >= 0.3 is 0 Å². The van der Waals surface area contributed by atoms with Gasteiger partial charge in [0.1, 0.15) is 5.75 Å². The Morgan fingerprint density at radius 2 is 2.00 bits per heavy atom. The van der Waals surface area contributed by atoms with E-state index in [1.807, 2.05) is 0 Å². The highest BCUT2D eigenvalue weighted by molar-refractivity contribution is 5.75. The van der Waals surface area contributed by atoms with Gasteiger partial charge in [-0.3, -0.25) is 10.2 Å². The molecule has 1 rings (SSSR count). The van der Waals surface area contributed by atoms with E-state index in [0.717, 1.165) is 18.6 Å². The molecule has 0 radical (unpaired) electrons. The Labute approximate surface area is 108 Å². The Balaban J connectivity index is 2.83. The molecule has 0 saturated heterocycles. The molecule has 0 aromatic heterocycles. The molecule has 1 aromatic carbocycles. The van der Waals surface area contributed by atoms with Gasteiger partial charge in [0.25, 0.3) is 0 Å². The zero-order valence-corrected chi connectivity index (χ0v) is 11.6. The molecule has 0 spiro atoms. The standard InChI is InChI=1S/C14H22N2O2/c1-9-8-13(18-4)11(3)10(2)12(9)6-5-7-14(17)16-15/h8H,5-7,15H2,1-4H3,(H,16,17). The van der Waals surface area contributed by atoms with Crippen molar-refractivity contribution in [1.82, 2.24) is 5.43 Å². The number of rotatable bonds is 5. The van der Waals surface area contributed by atoms with Crippen LogP contribution in [-0.4, -0.2) is 13.0 Å². The van der Waals surface area contributed by atoms with E-state index in [0.29, 0.717) is 6.42 Å². The minimum atomic E-state index is -0.115. The van der Waals surface area contributed by atoms with E-state index in [1.54, 1.807) is 7.11 Å². The minimum Gasteiger partial charge on any atom is -0.496 e. The average molecular weight is 250 g/mol. The quantitative estimate of drug-likeness (QED) is 0.477. The molecule has 0 atom stereocenters. The van der Waals surface area contributed by atoms with E-state index < -0.39 is 0 Å². The van der Waals surface area contributed by atoms with Gasteiger partial charge in [-0.1, -0.05) is 0 Å². The molecule has 1 amide bonds. The van der Waals surface area contributed by atoms with E-state index in [9.17, 15) is 4.79 Å². The fourth-order valence-corrected chi connectivity index (χ4v) is 2.19. The molecule has 0 aliphatic rings. The summed E-state index contributed by atoms with van der Waals surface area (Å²) in [5, 5.41) is 0. The normalized spacial score (nSPS) is 10.3. The predicted octanol–water partition coefficient (Wildman–Crippen LogP) is 1.93. The predicted molar refractivity (Wildman–Crippen MR) is 72.5 cm³/mol. The van der Waals surface area contributed by atoms with E-state index in [1.165, 1.54) is 22.3 Å². The molecule has 0 unspecified atom stereocenters. The molecule has 0 aliphatic heterocycles. The third kappa shape index (κ3) is 3.23. The Bertz CT molecular complexity index is 442. The fourth-order valence-electron chi connectivity index (χ4n) is 2.19. The highest BCUT2D eigenvalue weighted by Gasteiger charge is 2.10. The van der Waals surface area contributed by atoms with Crippen molar-refractivity contribution in [2.45, 2.75) is 40.0 Å². The first-order chi connectivity index (χ1) is 8.51. The maximum Gasteiger partial charge on any atom is 0.233 e. The number of amides is 1. The van der Waals surface area contributed by atoms with Crippen LogP contribution in [0, 0.1) is 20.8 Å². The van der Waals surface area contributed by atoms with Crippen LogP contribution in [0.4, 0.5) is 0 Å². The third-order valence-electron chi connectivity index (χ3n) is 3.42. The number of benzene rings is 1. The molecule has 4 nitrogen and oxygen atoms in total. The van der Waals surface area contributed by atoms with Crippen LogP contribution in [-0.2, 0) is 11.2 Å². The molecule has 3 N–H and O–H groups in total. The van der Waals surface area contributed by atoms with Crippen LogP contribution in [0.3, 0.4) is 0 Å². The molecule has 4 heteroatoms. The van der Waals surface area contributed by atoms with Gasteiger partial charge in [0.15, 0.2) is 0 Å². The summed E-state index contributed by atoms with van der Waals surface area (Å²) >= 11 is 0. The van der Waals surface area contributed by atoms with Crippen LogP contribution >= 0.6 is 0 Å². The number of aryl methyl sites for hydroxylation is 1. The lowest BCUT2D eigenvalue weighted by atomic mass is 9.93. The summed E-state index contributed by atoms with van der Waals surface area (Å²) < 4.78 is 5.34. The Morgan fingerprint density at radius 1 is 1.33 bits per heavy atom. The van der Waals surface area contributed by atoms with Gasteiger partial charge in [0, 0.05) is 6.42 Å². The molecular formula is C14H22N2O2. The number of carbonyl (C=O) groups is 1. The van der Waals surface area contributed by atoms with Gasteiger partial charge in [-0.05, 0) is 61.9 Å². The van der Waals surface area contributed by atoms with Crippen LogP contribution in [0.25, 0.3) is 0 Å². The van der Waals surface area contributed by atoms with Gasteiger partial charge in [-0.15, -0.1) is 0 Å². The van der Waals surface area contributed by atoms with Crippen LogP contribution in [0.5, 0.6) is 5.75 Å². The number of hydrogen-bond donors (Lipinski definition) is 2. The number of ether oxygens (including phenoxy) is 1. The SMILES string of the molecule is COc1cc(C)c(CCCC(=O)NN)c(C)c1C. The summed E-state index contributed by atoms with van der Waals surface area (Å²) in [7, 11) is 1.69.